The van der Waals surface area contributed by atoms with Crippen LogP contribution in [0.25, 0.3) is 0 Å². The van der Waals surface area contributed by atoms with E-state index >= 15 is 0 Å². The van der Waals surface area contributed by atoms with Crippen molar-refractivity contribution in [1.82, 2.24) is 5.32 Å². The molecule has 2 amide bonds. The second-order valence-corrected chi connectivity index (χ2v) is 6.82. The number of anilines is 1. The van der Waals surface area contributed by atoms with Gasteiger partial charge in [-0.15, -0.1) is 0 Å². The van der Waals surface area contributed by atoms with E-state index in [1.807, 2.05) is 13.8 Å². The van der Waals surface area contributed by atoms with Crippen LogP contribution >= 0.6 is 23.2 Å². The zero-order chi connectivity index (χ0) is 16.9. The highest BCUT2D eigenvalue weighted by Crippen LogP contribution is 2.25. The lowest BCUT2D eigenvalue weighted by Crippen LogP contribution is -2.41. The summed E-state index contributed by atoms with van der Waals surface area (Å²) in [5.41, 5.74) is -0.0461. The molecule has 0 aliphatic heterocycles. The molecule has 0 saturated carbocycles. The molecule has 1 aromatic carbocycles. The maximum Gasteiger partial charge on any atom is 0.313 e. The normalized spacial score (nSPS) is 12.6. The minimum atomic E-state index is -0.822. The number of aliphatic hydroxyl groups is 1. The molecule has 1 unspecified atom stereocenters. The summed E-state index contributed by atoms with van der Waals surface area (Å²) in [6.07, 6.45) is 0.0284. The van der Waals surface area contributed by atoms with Gasteiger partial charge in [0.05, 0.1) is 16.8 Å². The molecule has 0 radical (unpaired) electrons. The highest BCUT2D eigenvalue weighted by molar-refractivity contribution is 6.42. The first-order chi connectivity index (χ1) is 10.1. The van der Waals surface area contributed by atoms with Crippen molar-refractivity contribution in [1.29, 1.82) is 0 Å². The van der Waals surface area contributed by atoms with Crippen LogP contribution in [0.4, 0.5) is 5.69 Å². The van der Waals surface area contributed by atoms with E-state index in [1.165, 1.54) is 12.1 Å². The number of halogens is 2. The van der Waals surface area contributed by atoms with Crippen LogP contribution in [0.1, 0.15) is 27.2 Å². The van der Waals surface area contributed by atoms with E-state index in [2.05, 4.69) is 10.6 Å². The molecule has 0 aromatic heterocycles. The number of amides is 2. The first kappa shape index (κ1) is 18.7. The minimum Gasteiger partial charge on any atom is -0.393 e. The van der Waals surface area contributed by atoms with Gasteiger partial charge in [0.15, 0.2) is 0 Å². The van der Waals surface area contributed by atoms with Crippen LogP contribution in [0.2, 0.25) is 10.0 Å². The molecule has 22 heavy (non-hydrogen) atoms. The zero-order valence-corrected chi connectivity index (χ0v) is 14.3. The third-order valence-electron chi connectivity index (χ3n) is 2.96. The van der Waals surface area contributed by atoms with Crippen molar-refractivity contribution in [2.75, 3.05) is 11.9 Å². The van der Waals surface area contributed by atoms with Crippen molar-refractivity contribution in [2.45, 2.75) is 33.3 Å². The van der Waals surface area contributed by atoms with E-state index in [1.54, 1.807) is 13.0 Å². The Morgan fingerprint density at radius 2 is 1.91 bits per heavy atom. The summed E-state index contributed by atoms with van der Waals surface area (Å²) in [6, 6.07) is 4.58. The SMILES string of the molecule is CC(O)CC(C)(C)CNC(=O)C(=O)Nc1cc(Cl)ccc1Cl. The van der Waals surface area contributed by atoms with Gasteiger partial charge >= 0.3 is 11.8 Å². The standard InChI is InChI=1S/C15H20Cl2N2O3/c1-9(20)7-15(2,3)8-18-13(21)14(22)19-12-6-10(16)4-5-11(12)17/h4-6,9,20H,7-8H2,1-3H3,(H,18,21)(H,19,22). The van der Waals surface area contributed by atoms with Crippen LogP contribution in [0, 0.1) is 5.41 Å². The van der Waals surface area contributed by atoms with Gasteiger partial charge in [-0.05, 0) is 37.0 Å². The number of carbonyl (C=O) groups excluding carboxylic acids is 2. The van der Waals surface area contributed by atoms with Crippen LogP contribution in [-0.2, 0) is 9.59 Å². The van der Waals surface area contributed by atoms with Crippen molar-refractivity contribution in [3.63, 3.8) is 0 Å². The number of benzene rings is 1. The second kappa shape index (κ2) is 7.81. The number of carbonyl (C=O) groups is 2. The Bertz CT molecular complexity index is 560. The highest BCUT2D eigenvalue weighted by Gasteiger charge is 2.23. The molecule has 1 aromatic rings. The van der Waals surface area contributed by atoms with Gasteiger partial charge in [0.1, 0.15) is 0 Å². The van der Waals surface area contributed by atoms with Crippen molar-refractivity contribution < 1.29 is 14.7 Å². The predicted molar refractivity (Wildman–Crippen MR) is 88.2 cm³/mol. The average Bonchev–Trinajstić information content (AvgIpc) is 2.38. The average molecular weight is 347 g/mol. The molecule has 0 saturated heterocycles. The lowest BCUT2D eigenvalue weighted by atomic mass is 9.87. The zero-order valence-electron chi connectivity index (χ0n) is 12.7. The Morgan fingerprint density at radius 3 is 2.50 bits per heavy atom. The number of nitrogens with one attached hydrogen (secondary N) is 2. The highest BCUT2D eigenvalue weighted by atomic mass is 35.5. The van der Waals surface area contributed by atoms with Crippen molar-refractivity contribution in [3.8, 4) is 0 Å². The molecule has 7 heteroatoms. The molecule has 1 atom stereocenters. The molecule has 0 aliphatic rings. The fourth-order valence-corrected chi connectivity index (χ4v) is 2.38. The lowest BCUT2D eigenvalue weighted by molar-refractivity contribution is -0.136. The van der Waals surface area contributed by atoms with Gasteiger partial charge in [-0.2, -0.15) is 0 Å². The molecule has 0 fully saturated rings. The van der Waals surface area contributed by atoms with E-state index in [4.69, 9.17) is 23.2 Å². The number of aliphatic hydroxyl groups excluding tert-OH is 1. The maximum atomic E-state index is 11.8. The fraction of sp³-hybridized carbons (Fsp3) is 0.467. The van der Waals surface area contributed by atoms with Gasteiger partial charge in [0.2, 0.25) is 0 Å². The summed E-state index contributed by atoms with van der Waals surface area (Å²) >= 11 is 11.7. The molecule has 0 aliphatic carbocycles. The van der Waals surface area contributed by atoms with E-state index in [-0.39, 0.29) is 17.6 Å². The van der Waals surface area contributed by atoms with Crippen molar-refractivity contribution in [3.05, 3.63) is 28.2 Å². The molecule has 122 valence electrons. The lowest BCUT2D eigenvalue weighted by Gasteiger charge is -2.26. The van der Waals surface area contributed by atoms with Crippen molar-refractivity contribution in [2.24, 2.45) is 5.41 Å². The Kier molecular flexibility index (Phi) is 6.66. The van der Waals surface area contributed by atoms with E-state index in [0.717, 1.165) is 0 Å². The monoisotopic (exact) mass is 346 g/mol. The van der Waals surface area contributed by atoms with E-state index in [0.29, 0.717) is 16.5 Å². The number of rotatable bonds is 5. The van der Waals surface area contributed by atoms with Gasteiger partial charge < -0.3 is 15.7 Å². The van der Waals surface area contributed by atoms with E-state index < -0.39 is 17.9 Å². The first-order valence-corrected chi connectivity index (χ1v) is 7.58. The first-order valence-electron chi connectivity index (χ1n) is 6.83. The van der Waals surface area contributed by atoms with Crippen LogP contribution in [0.3, 0.4) is 0 Å². The second-order valence-electron chi connectivity index (χ2n) is 5.98. The number of hydrogen-bond acceptors (Lipinski definition) is 3. The Balaban J connectivity index is 2.59. The van der Waals surface area contributed by atoms with Crippen molar-refractivity contribution >= 4 is 40.7 Å². The summed E-state index contributed by atoms with van der Waals surface area (Å²) in [4.78, 5) is 23.7. The van der Waals surface area contributed by atoms with Gasteiger partial charge in [-0.3, -0.25) is 9.59 Å². The van der Waals surface area contributed by atoms with Crippen LogP contribution in [0.5, 0.6) is 0 Å². The molecular formula is C15H20Cl2N2O3. The summed E-state index contributed by atoms with van der Waals surface area (Å²) < 4.78 is 0. The summed E-state index contributed by atoms with van der Waals surface area (Å²) in [6.45, 7) is 5.74. The molecular weight excluding hydrogens is 327 g/mol. The third kappa shape index (κ3) is 6.22. The fourth-order valence-electron chi connectivity index (χ4n) is 2.04. The third-order valence-corrected chi connectivity index (χ3v) is 3.52. The number of hydrogen-bond donors (Lipinski definition) is 3. The molecule has 0 bridgehead atoms. The largest absolute Gasteiger partial charge is 0.393 e. The van der Waals surface area contributed by atoms with Crippen LogP contribution < -0.4 is 10.6 Å². The van der Waals surface area contributed by atoms with Gasteiger partial charge in [-0.25, -0.2) is 0 Å². The van der Waals surface area contributed by atoms with Gasteiger partial charge in [0, 0.05) is 11.6 Å². The molecule has 1 rings (SSSR count). The summed E-state index contributed by atoms with van der Waals surface area (Å²) in [5.74, 6) is -1.59. The van der Waals surface area contributed by atoms with Gasteiger partial charge in [0.25, 0.3) is 0 Å². The smallest absolute Gasteiger partial charge is 0.313 e. The van der Waals surface area contributed by atoms with Crippen LogP contribution in [-0.4, -0.2) is 29.6 Å². The summed E-state index contributed by atoms with van der Waals surface area (Å²) in [7, 11) is 0. The van der Waals surface area contributed by atoms with Gasteiger partial charge in [-0.1, -0.05) is 37.0 Å². The topological polar surface area (TPSA) is 78.4 Å². The summed E-state index contributed by atoms with van der Waals surface area (Å²) in [5, 5.41) is 15.0. The Hall–Kier alpha value is -1.30. The molecule has 0 spiro atoms. The maximum absolute atomic E-state index is 11.8. The Morgan fingerprint density at radius 1 is 1.27 bits per heavy atom. The minimum absolute atomic E-state index is 0.271. The molecule has 3 N–H and O–H groups in total. The molecule has 0 heterocycles. The van der Waals surface area contributed by atoms with Crippen LogP contribution in [0.15, 0.2) is 18.2 Å². The molecule has 5 nitrogen and oxygen atoms in total. The predicted octanol–water partition coefficient (Wildman–Crippen LogP) is 2.85. The quantitative estimate of drug-likeness (QED) is 0.717. The Labute approximate surface area is 140 Å². The van der Waals surface area contributed by atoms with E-state index in [9.17, 15) is 14.7 Å².